The van der Waals surface area contributed by atoms with E-state index in [0.29, 0.717) is 111 Å². The van der Waals surface area contributed by atoms with Gasteiger partial charge in [0.25, 0.3) is 0 Å². The lowest BCUT2D eigenvalue weighted by atomic mass is 9.85. The minimum Gasteiger partial charge on any atom is -0.394 e. The Balaban J connectivity index is 1.79. The SMILES string of the molecule is COCCOCCOCCOCCOCCOCCOCCOCCC(=O)N1CCC[C@H]1C(=O)N[C@@H](CC(C)C)C(=O)C[C@@H](Cc1cnc[nH]1)C(=O)N[C@@H](CO)C(=O)C[C@H](C(C)=O)[C@@H](C)CP(=O)(O)O. The molecule has 1 aromatic heterocycles. The summed E-state index contributed by atoms with van der Waals surface area (Å²) >= 11 is 0. The van der Waals surface area contributed by atoms with Gasteiger partial charge >= 0.3 is 7.60 Å². The predicted octanol–water partition coefficient (Wildman–Crippen LogP) is 0.658. The standard InChI is InChI=1S/C46H80N5O18P/c1-33(2)25-39(42(54)27-36(26-37-29-47-32-48-37)45(57)50-40(30-52)43(55)28-38(35(4)53)34(3)31-70(59,60)61)49-46(58)41-7-6-9-51(41)44(56)8-10-63-13-14-65-17-18-67-21-22-69-24-23-68-20-19-66-16-15-64-12-11-62-5/h29,32-34,36,38-41,52H,6-28,30-31H2,1-5H3,(H,47,48)(H,49,58)(H,50,57)(H2,59,60,61)/t34-,36+,38-,39-,40-,41-/m0/s1. The number of ketones is 3. The average molecular weight is 1020 g/mol. The first-order chi connectivity index (χ1) is 33.5. The third kappa shape index (κ3) is 27.3. The number of ether oxygens (including phenoxy) is 8. The number of aliphatic hydroxyl groups is 1. The van der Waals surface area contributed by atoms with Crippen LogP contribution in [0.5, 0.6) is 0 Å². The Labute approximate surface area is 411 Å². The van der Waals surface area contributed by atoms with Gasteiger partial charge in [0, 0.05) is 50.7 Å². The van der Waals surface area contributed by atoms with Gasteiger partial charge in [-0.2, -0.15) is 0 Å². The smallest absolute Gasteiger partial charge is 0.325 e. The van der Waals surface area contributed by atoms with E-state index in [1.54, 1.807) is 7.11 Å². The summed E-state index contributed by atoms with van der Waals surface area (Å²) in [5, 5.41) is 15.5. The number of aromatic nitrogens is 2. The molecule has 0 aliphatic carbocycles. The molecule has 0 spiro atoms. The van der Waals surface area contributed by atoms with E-state index in [4.69, 9.17) is 37.9 Å². The summed E-state index contributed by atoms with van der Waals surface area (Å²) in [6, 6.07) is -3.31. The minimum absolute atomic E-state index is 0.0189. The number of carbonyl (C=O) groups excluding carboxylic acids is 6. The van der Waals surface area contributed by atoms with Crippen molar-refractivity contribution >= 4 is 42.7 Å². The molecule has 402 valence electrons. The molecule has 70 heavy (non-hydrogen) atoms. The molecule has 0 aromatic carbocycles. The number of carbonyl (C=O) groups is 6. The number of Topliss-reactive ketones (excluding diaryl/α,β-unsaturated/α-hetero) is 3. The molecule has 23 nitrogen and oxygen atoms in total. The highest BCUT2D eigenvalue weighted by molar-refractivity contribution is 7.51. The first kappa shape index (κ1) is 62.5. The number of nitrogens with zero attached hydrogens (tertiary/aromatic N) is 2. The number of nitrogens with one attached hydrogen (secondary N) is 3. The number of amides is 3. The van der Waals surface area contributed by atoms with Gasteiger partial charge in [-0.3, -0.25) is 33.3 Å². The normalized spacial score (nSPS) is 16.2. The molecule has 24 heteroatoms. The Kier molecular flexibility index (Phi) is 32.5. The third-order valence-corrected chi connectivity index (χ3v) is 12.3. The second-order valence-electron chi connectivity index (χ2n) is 17.6. The topological polar surface area (TPSA) is 310 Å². The Morgan fingerprint density at radius 2 is 1.29 bits per heavy atom. The van der Waals surface area contributed by atoms with Crippen LogP contribution in [0.2, 0.25) is 0 Å². The lowest BCUT2D eigenvalue weighted by Crippen LogP contribution is -2.52. The van der Waals surface area contributed by atoms with Crippen LogP contribution in [-0.2, 0) is 77.6 Å². The van der Waals surface area contributed by atoms with E-state index in [2.05, 4.69) is 20.6 Å². The fourth-order valence-corrected chi connectivity index (χ4v) is 8.65. The Morgan fingerprint density at radius 3 is 1.74 bits per heavy atom. The van der Waals surface area contributed by atoms with Gasteiger partial charge in [-0.25, -0.2) is 4.98 Å². The number of rotatable bonds is 43. The fraction of sp³-hybridized carbons (Fsp3) is 0.804. The molecule has 1 fully saturated rings. The first-order valence-electron chi connectivity index (χ1n) is 24.1. The first-order valence-corrected chi connectivity index (χ1v) is 25.9. The van der Waals surface area contributed by atoms with E-state index in [0.717, 1.165) is 0 Å². The van der Waals surface area contributed by atoms with E-state index in [9.17, 15) is 48.2 Å². The van der Waals surface area contributed by atoms with Crippen LogP contribution in [0, 0.1) is 23.7 Å². The number of likely N-dealkylation sites (tertiary alicyclic amines) is 1. The summed E-state index contributed by atoms with van der Waals surface area (Å²) in [7, 11) is -2.89. The molecule has 1 aromatic rings. The van der Waals surface area contributed by atoms with Crippen LogP contribution >= 0.6 is 7.60 Å². The van der Waals surface area contributed by atoms with Gasteiger partial charge in [0.05, 0.1) is 137 Å². The van der Waals surface area contributed by atoms with Crippen LogP contribution in [0.4, 0.5) is 0 Å². The van der Waals surface area contributed by atoms with Crippen LogP contribution in [-0.4, -0.2) is 208 Å². The number of aromatic amines is 1. The van der Waals surface area contributed by atoms with Gasteiger partial charge in [0.15, 0.2) is 11.6 Å². The second-order valence-corrected chi connectivity index (χ2v) is 19.3. The summed E-state index contributed by atoms with van der Waals surface area (Å²) in [6.07, 6.45) is 2.60. The monoisotopic (exact) mass is 1020 g/mol. The van der Waals surface area contributed by atoms with Crippen molar-refractivity contribution in [1.82, 2.24) is 25.5 Å². The van der Waals surface area contributed by atoms with Crippen molar-refractivity contribution in [2.75, 3.05) is 126 Å². The number of imidazole rings is 1. The summed E-state index contributed by atoms with van der Waals surface area (Å²) in [6.45, 7) is 12.1. The van der Waals surface area contributed by atoms with E-state index in [-0.39, 0.29) is 50.7 Å². The largest absolute Gasteiger partial charge is 0.394 e. The van der Waals surface area contributed by atoms with Gasteiger partial charge in [-0.1, -0.05) is 20.8 Å². The second kappa shape index (κ2) is 36.4. The molecule has 0 saturated carbocycles. The lowest BCUT2D eigenvalue weighted by Gasteiger charge is -2.28. The number of hydrogen-bond acceptors (Lipinski definition) is 17. The molecule has 2 rings (SSSR count). The third-order valence-electron chi connectivity index (χ3n) is 11.3. The molecule has 6 N–H and O–H groups in total. The minimum atomic E-state index is -4.51. The summed E-state index contributed by atoms with van der Waals surface area (Å²) in [5.74, 6) is -6.30. The van der Waals surface area contributed by atoms with E-state index in [1.807, 2.05) is 13.8 Å². The molecule has 3 amide bonds. The van der Waals surface area contributed by atoms with Gasteiger partial charge in [-0.05, 0) is 38.0 Å². The predicted molar refractivity (Wildman–Crippen MR) is 253 cm³/mol. The molecule has 0 bridgehead atoms. The van der Waals surface area contributed by atoms with Crippen molar-refractivity contribution in [3.63, 3.8) is 0 Å². The molecular weight excluding hydrogens is 941 g/mol. The molecule has 0 unspecified atom stereocenters. The maximum absolute atomic E-state index is 14.0. The summed E-state index contributed by atoms with van der Waals surface area (Å²) in [4.78, 5) is 108. The van der Waals surface area contributed by atoms with Crippen LogP contribution in [0.15, 0.2) is 12.5 Å². The van der Waals surface area contributed by atoms with E-state index in [1.165, 1.54) is 31.3 Å². The van der Waals surface area contributed by atoms with E-state index < -0.39 is 91.8 Å². The number of H-pyrrole nitrogens is 1. The molecule has 1 aliphatic rings. The van der Waals surface area contributed by atoms with Gasteiger partial charge < -0.3 is 73.3 Å². The van der Waals surface area contributed by atoms with Crippen LogP contribution in [0.1, 0.15) is 71.9 Å². The van der Waals surface area contributed by atoms with Crippen LogP contribution in [0.3, 0.4) is 0 Å². The van der Waals surface area contributed by atoms with Crippen LogP contribution in [0.25, 0.3) is 0 Å². The molecule has 1 aliphatic heterocycles. The Morgan fingerprint density at radius 1 is 0.771 bits per heavy atom. The number of aliphatic hydroxyl groups excluding tert-OH is 1. The Bertz CT molecular complexity index is 1700. The number of methoxy groups -OCH3 is 1. The zero-order valence-corrected chi connectivity index (χ0v) is 42.6. The molecule has 1 saturated heterocycles. The average Bonchev–Trinajstić information content (AvgIpc) is 4.02. The molecule has 0 radical (unpaired) electrons. The van der Waals surface area contributed by atoms with E-state index >= 15 is 0 Å². The highest BCUT2D eigenvalue weighted by Gasteiger charge is 2.38. The van der Waals surface area contributed by atoms with Crippen molar-refractivity contribution in [3.8, 4) is 0 Å². The molecule has 6 atom stereocenters. The van der Waals surface area contributed by atoms with Gasteiger partial charge in [-0.15, -0.1) is 0 Å². The van der Waals surface area contributed by atoms with Crippen molar-refractivity contribution < 1.29 is 86.1 Å². The molecule has 2 heterocycles. The van der Waals surface area contributed by atoms with Gasteiger partial charge in [0.1, 0.15) is 17.9 Å². The maximum atomic E-state index is 14.0. The maximum Gasteiger partial charge on any atom is 0.325 e. The van der Waals surface area contributed by atoms with Crippen molar-refractivity contribution in [3.05, 3.63) is 18.2 Å². The summed E-state index contributed by atoms with van der Waals surface area (Å²) in [5.41, 5.74) is 0.500. The lowest BCUT2D eigenvalue weighted by molar-refractivity contribution is -0.140. The molecular formula is C46H80N5O18P. The highest BCUT2D eigenvalue weighted by Crippen LogP contribution is 2.39. The zero-order valence-electron chi connectivity index (χ0n) is 41.7. The van der Waals surface area contributed by atoms with Crippen molar-refractivity contribution in [2.45, 2.75) is 90.8 Å². The quantitative estimate of drug-likeness (QED) is 0.0387. The Hall–Kier alpha value is -3.58. The zero-order chi connectivity index (χ0) is 51.7. The van der Waals surface area contributed by atoms with Gasteiger partial charge in [0.2, 0.25) is 17.7 Å². The highest BCUT2D eigenvalue weighted by atomic mass is 31.2. The number of hydrogen-bond donors (Lipinski definition) is 6. The van der Waals surface area contributed by atoms with Crippen LogP contribution < -0.4 is 10.6 Å². The van der Waals surface area contributed by atoms with Crippen molar-refractivity contribution in [1.29, 1.82) is 0 Å². The summed E-state index contributed by atoms with van der Waals surface area (Å²) < 4.78 is 54.8. The van der Waals surface area contributed by atoms with Crippen molar-refractivity contribution in [2.24, 2.45) is 23.7 Å². The fourth-order valence-electron chi connectivity index (χ4n) is 7.64.